The van der Waals surface area contributed by atoms with Crippen LogP contribution in [-0.4, -0.2) is 23.5 Å². The Hall–Kier alpha value is -0.660. The van der Waals surface area contributed by atoms with Crippen LogP contribution in [0.25, 0.3) is 9.88 Å². The number of nitrogens with one attached hydrogen (secondary N) is 1. The highest BCUT2D eigenvalue weighted by atomic mass is 35.5. The Balaban J connectivity index is 0.00000242. The van der Waals surface area contributed by atoms with Crippen molar-refractivity contribution in [1.82, 2.24) is 10.3 Å². The van der Waals surface area contributed by atoms with E-state index in [2.05, 4.69) is 24.1 Å². The van der Waals surface area contributed by atoms with Crippen molar-refractivity contribution >= 4 is 53.4 Å². The van der Waals surface area contributed by atoms with Crippen molar-refractivity contribution in [2.75, 3.05) is 6.54 Å². The molecule has 0 bridgehead atoms. The molecule has 0 aromatic carbocycles. The van der Waals surface area contributed by atoms with Crippen LogP contribution in [0.3, 0.4) is 0 Å². The van der Waals surface area contributed by atoms with Crippen LogP contribution < -0.4 is 11.1 Å². The van der Waals surface area contributed by atoms with Gasteiger partial charge in [0.25, 0.3) is 0 Å². The van der Waals surface area contributed by atoms with E-state index in [9.17, 15) is 4.79 Å². The summed E-state index contributed by atoms with van der Waals surface area (Å²) in [7, 11) is 0. The van der Waals surface area contributed by atoms with Crippen LogP contribution in [0.15, 0.2) is 22.9 Å². The number of nitrogens with two attached hydrogens (primary N) is 1. The Bertz CT molecular complexity index is 573. The zero-order chi connectivity index (χ0) is 15.2. The molecule has 0 aliphatic heterocycles. The SMILES string of the molecule is CC(C)CC(CN)NC(=O)Cc1csc(-c2cccs2)n1.Cl.Cl. The van der Waals surface area contributed by atoms with Gasteiger partial charge in [0.05, 0.1) is 17.0 Å². The van der Waals surface area contributed by atoms with Gasteiger partial charge in [-0.05, 0) is 23.8 Å². The number of amides is 1. The molecule has 1 atom stereocenters. The van der Waals surface area contributed by atoms with Gasteiger partial charge in [-0.3, -0.25) is 4.79 Å². The molecule has 2 aromatic heterocycles. The lowest BCUT2D eigenvalue weighted by Crippen LogP contribution is -2.41. The van der Waals surface area contributed by atoms with E-state index in [-0.39, 0.29) is 36.8 Å². The van der Waals surface area contributed by atoms with Crippen LogP contribution in [-0.2, 0) is 11.2 Å². The number of carbonyl (C=O) groups excluding carboxylic acids is 1. The summed E-state index contributed by atoms with van der Waals surface area (Å²) in [6, 6.07) is 4.10. The molecule has 0 saturated carbocycles. The fourth-order valence-corrected chi connectivity index (χ4v) is 3.76. The van der Waals surface area contributed by atoms with Crippen molar-refractivity contribution in [1.29, 1.82) is 0 Å². The molecular formula is C15H23Cl2N3OS2. The summed E-state index contributed by atoms with van der Waals surface area (Å²) in [5.74, 6) is 0.512. The van der Waals surface area contributed by atoms with E-state index in [0.717, 1.165) is 22.0 Å². The van der Waals surface area contributed by atoms with E-state index in [0.29, 0.717) is 18.9 Å². The third-order valence-electron chi connectivity index (χ3n) is 3.03. The molecule has 130 valence electrons. The van der Waals surface area contributed by atoms with Crippen molar-refractivity contribution < 1.29 is 4.79 Å². The molecule has 3 N–H and O–H groups in total. The van der Waals surface area contributed by atoms with Gasteiger partial charge < -0.3 is 11.1 Å². The molecule has 0 radical (unpaired) electrons. The number of aromatic nitrogens is 1. The van der Waals surface area contributed by atoms with E-state index < -0.39 is 0 Å². The minimum absolute atomic E-state index is 0. The molecule has 2 heterocycles. The van der Waals surface area contributed by atoms with Gasteiger partial charge in [-0.15, -0.1) is 47.5 Å². The van der Waals surface area contributed by atoms with Crippen LogP contribution in [0.1, 0.15) is 26.0 Å². The summed E-state index contributed by atoms with van der Waals surface area (Å²) in [5.41, 5.74) is 6.52. The number of halogens is 2. The summed E-state index contributed by atoms with van der Waals surface area (Å²) in [6.07, 6.45) is 1.22. The molecule has 0 spiro atoms. The summed E-state index contributed by atoms with van der Waals surface area (Å²) in [4.78, 5) is 17.7. The van der Waals surface area contributed by atoms with E-state index in [1.165, 1.54) is 0 Å². The maximum Gasteiger partial charge on any atom is 0.226 e. The fourth-order valence-electron chi connectivity index (χ4n) is 2.13. The number of thiophene rings is 1. The maximum atomic E-state index is 12.1. The van der Waals surface area contributed by atoms with Gasteiger partial charge in [-0.1, -0.05) is 19.9 Å². The second-order valence-corrected chi connectivity index (χ2v) is 7.23. The van der Waals surface area contributed by atoms with Crippen LogP contribution in [0.2, 0.25) is 0 Å². The molecule has 8 heteroatoms. The van der Waals surface area contributed by atoms with Gasteiger partial charge in [-0.25, -0.2) is 4.98 Å². The fraction of sp³-hybridized carbons (Fsp3) is 0.467. The summed E-state index contributed by atoms with van der Waals surface area (Å²) in [6.45, 7) is 4.73. The largest absolute Gasteiger partial charge is 0.352 e. The Morgan fingerprint density at radius 3 is 2.65 bits per heavy atom. The van der Waals surface area contributed by atoms with E-state index in [1.54, 1.807) is 22.7 Å². The molecule has 0 fully saturated rings. The number of carbonyl (C=O) groups is 1. The summed E-state index contributed by atoms with van der Waals surface area (Å²) in [5, 5.41) is 7.95. The second kappa shape index (κ2) is 11.0. The average Bonchev–Trinajstić information content (AvgIpc) is 3.07. The molecule has 1 amide bonds. The molecule has 0 aliphatic rings. The summed E-state index contributed by atoms with van der Waals surface area (Å²) < 4.78 is 0. The van der Waals surface area contributed by atoms with Gasteiger partial charge in [0.1, 0.15) is 5.01 Å². The summed E-state index contributed by atoms with van der Waals surface area (Å²) >= 11 is 3.24. The zero-order valence-electron chi connectivity index (χ0n) is 13.2. The minimum atomic E-state index is -0.00544. The Kier molecular flexibility index (Phi) is 10.7. The van der Waals surface area contributed by atoms with Crippen molar-refractivity contribution in [3.8, 4) is 9.88 Å². The van der Waals surface area contributed by atoms with Crippen LogP contribution >= 0.6 is 47.5 Å². The predicted octanol–water partition coefficient (Wildman–Crippen LogP) is 3.75. The van der Waals surface area contributed by atoms with E-state index in [4.69, 9.17) is 5.73 Å². The molecule has 4 nitrogen and oxygen atoms in total. The van der Waals surface area contributed by atoms with Crippen molar-refractivity contribution in [3.63, 3.8) is 0 Å². The Morgan fingerprint density at radius 2 is 2.09 bits per heavy atom. The van der Waals surface area contributed by atoms with Crippen molar-refractivity contribution in [2.45, 2.75) is 32.7 Å². The lowest BCUT2D eigenvalue weighted by Gasteiger charge is -2.18. The van der Waals surface area contributed by atoms with Gasteiger partial charge in [0, 0.05) is 18.0 Å². The van der Waals surface area contributed by atoms with Crippen LogP contribution in [0.5, 0.6) is 0 Å². The van der Waals surface area contributed by atoms with Gasteiger partial charge in [-0.2, -0.15) is 0 Å². The number of thiazole rings is 1. The number of hydrogen-bond acceptors (Lipinski definition) is 5. The first-order valence-corrected chi connectivity index (χ1v) is 8.82. The molecule has 0 saturated heterocycles. The van der Waals surface area contributed by atoms with Crippen LogP contribution in [0, 0.1) is 5.92 Å². The van der Waals surface area contributed by atoms with Crippen molar-refractivity contribution in [3.05, 3.63) is 28.6 Å². The Morgan fingerprint density at radius 1 is 1.35 bits per heavy atom. The molecule has 2 aromatic rings. The highest BCUT2D eigenvalue weighted by Crippen LogP contribution is 2.27. The van der Waals surface area contributed by atoms with Gasteiger partial charge in [0.2, 0.25) is 5.91 Å². The van der Waals surface area contributed by atoms with Crippen molar-refractivity contribution in [2.24, 2.45) is 11.7 Å². The normalized spacial score (nSPS) is 11.5. The molecular weight excluding hydrogens is 373 g/mol. The highest BCUT2D eigenvalue weighted by molar-refractivity contribution is 7.20. The van der Waals surface area contributed by atoms with Crippen LogP contribution in [0.4, 0.5) is 0 Å². The molecule has 0 aliphatic carbocycles. The number of hydrogen-bond donors (Lipinski definition) is 2. The lowest BCUT2D eigenvalue weighted by atomic mass is 10.0. The lowest BCUT2D eigenvalue weighted by molar-refractivity contribution is -0.121. The smallest absolute Gasteiger partial charge is 0.226 e. The monoisotopic (exact) mass is 395 g/mol. The molecule has 1 unspecified atom stereocenters. The highest BCUT2D eigenvalue weighted by Gasteiger charge is 2.14. The standard InChI is InChI=1S/C15H21N3OS2.2ClH/c1-10(2)6-11(8-16)17-14(19)7-12-9-21-15(18-12)13-4-3-5-20-13;;/h3-5,9-11H,6-8,16H2,1-2H3,(H,17,19);2*1H. The first kappa shape index (κ1) is 22.3. The third-order valence-corrected chi connectivity index (χ3v) is 4.96. The predicted molar refractivity (Wildman–Crippen MR) is 104 cm³/mol. The molecule has 23 heavy (non-hydrogen) atoms. The quantitative estimate of drug-likeness (QED) is 0.749. The van der Waals surface area contributed by atoms with E-state index >= 15 is 0 Å². The first-order valence-electron chi connectivity index (χ1n) is 7.06. The average molecular weight is 396 g/mol. The first-order chi connectivity index (χ1) is 10.1. The van der Waals surface area contributed by atoms with E-state index in [1.807, 2.05) is 22.9 Å². The number of rotatable bonds is 7. The third kappa shape index (κ3) is 7.18. The topological polar surface area (TPSA) is 68.0 Å². The molecule has 2 rings (SSSR count). The van der Waals surface area contributed by atoms with Gasteiger partial charge in [0.15, 0.2) is 0 Å². The maximum absolute atomic E-state index is 12.1. The second-order valence-electron chi connectivity index (χ2n) is 5.43. The minimum Gasteiger partial charge on any atom is -0.352 e. The zero-order valence-corrected chi connectivity index (χ0v) is 16.4. The number of nitrogens with zero attached hydrogens (tertiary/aromatic N) is 1. The van der Waals surface area contributed by atoms with Gasteiger partial charge >= 0.3 is 0 Å². The Labute approximate surface area is 157 Å².